The molecule has 4 nitrogen and oxygen atoms in total. The molecule has 1 saturated heterocycles. The molecule has 1 aliphatic heterocycles. The fourth-order valence-electron chi connectivity index (χ4n) is 3.55. The van der Waals surface area contributed by atoms with Gasteiger partial charge in [-0.2, -0.15) is 0 Å². The third-order valence-electron chi connectivity index (χ3n) is 5.12. The summed E-state index contributed by atoms with van der Waals surface area (Å²) in [6.07, 6.45) is 4.74. The number of thiophene rings is 1. The average Bonchev–Trinajstić information content (AvgIpc) is 3.12. The number of nitrogens with one attached hydrogen (secondary N) is 1. The van der Waals surface area contributed by atoms with Crippen LogP contribution in [-0.4, -0.2) is 35.8 Å². The number of carbonyl (C=O) groups excluding carboxylic acids is 2. The van der Waals surface area contributed by atoms with Gasteiger partial charge in [0.2, 0.25) is 0 Å². The second-order valence-corrected chi connectivity index (χ2v) is 8.21. The van der Waals surface area contributed by atoms with Gasteiger partial charge >= 0.3 is 0 Å². The van der Waals surface area contributed by atoms with E-state index in [-0.39, 0.29) is 17.9 Å². The molecule has 0 saturated carbocycles. The van der Waals surface area contributed by atoms with Crippen LogP contribution in [-0.2, 0) is 12.8 Å². The normalized spacial score (nSPS) is 15.0. The number of rotatable bonds is 6. The van der Waals surface area contributed by atoms with Crippen LogP contribution in [0, 0.1) is 0 Å². The Bertz CT molecular complexity index is 777. The first-order chi connectivity index (χ1) is 13.1. The summed E-state index contributed by atoms with van der Waals surface area (Å²) in [5.41, 5.74) is 2.00. The van der Waals surface area contributed by atoms with Crippen molar-refractivity contribution >= 4 is 23.2 Å². The van der Waals surface area contributed by atoms with Crippen molar-refractivity contribution in [2.75, 3.05) is 13.1 Å². The minimum absolute atomic E-state index is 0.0320. The van der Waals surface area contributed by atoms with E-state index in [4.69, 9.17) is 0 Å². The molecule has 1 aliphatic rings. The third-order valence-corrected chi connectivity index (χ3v) is 6.34. The molecule has 3 rings (SSSR count). The predicted molar refractivity (Wildman–Crippen MR) is 111 cm³/mol. The molecule has 144 valence electrons. The van der Waals surface area contributed by atoms with Crippen molar-refractivity contribution in [3.05, 3.63) is 57.3 Å². The van der Waals surface area contributed by atoms with Crippen molar-refractivity contribution in [2.24, 2.45) is 0 Å². The van der Waals surface area contributed by atoms with Crippen molar-refractivity contribution in [2.45, 2.75) is 52.0 Å². The van der Waals surface area contributed by atoms with Crippen LogP contribution in [0.1, 0.15) is 63.6 Å². The van der Waals surface area contributed by atoms with Crippen molar-refractivity contribution < 1.29 is 9.59 Å². The summed E-state index contributed by atoms with van der Waals surface area (Å²) in [6, 6.07) is 11.5. The van der Waals surface area contributed by atoms with Crippen molar-refractivity contribution in [1.82, 2.24) is 10.2 Å². The van der Waals surface area contributed by atoms with E-state index in [2.05, 4.69) is 25.2 Å². The van der Waals surface area contributed by atoms with E-state index in [1.807, 2.05) is 35.2 Å². The fraction of sp³-hybridized carbons (Fsp3) is 0.455. The lowest BCUT2D eigenvalue weighted by Gasteiger charge is -2.32. The SMILES string of the molecule is CCCc1sc(C(=O)N2CCC(NC(=O)c3ccccc3)CC2)cc1CC. The molecule has 0 bridgehead atoms. The van der Waals surface area contributed by atoms with Gasteiger partial charge in [0.15, 0.2) is 0 Å². The van der Waals surface area contributed by atoms with Gasteiger partial charge < -0.3 is 10.2 Å². The Labute approximate surface area is 165 Å². The Kier molecular flexibility index (Phi) is 6.67. The van der Waals surface area contributed by atoms with E-state index in [1.54, 1.807) is 11.3 Å². The lowest BCUT2D eigenvalue weighted by molar-refractivity contribution is 0.0702. The maximum absolute atomic E-state index is 12.9. The Morgan fingerprint density at radius 3 is 2.48 bits per heavy atom. The first kappa shape index (κ1) is 19.6. The van der Waals surface area contributed by atoms with Crippen LogP contribution in [0.15, 0.2) is 36.4 Å². The van der Waals surface area contributed by atoms with Gasteiger partial charge in [0.1, 0.15) is 0 Å². The van der Waals surface area contributed by atoms with Gasteiger partial charge in [0.05, 0.1) is 4.88 Å². The van der Waals surface area contributed by atoms with Crippen molar-refractivity contribution in [3.8, 4) is 0 Å². The molecule has 1 N–H and O–H groups in total. The van der Waals surface area contributed by atoms with Crippen molar-refractivity contribution in [1.29, 1.82) is 0 Å². The van der Waals surface area contributed by atoms with Crippen LogP contribution in [0.2, 0.25) is 0 Å². The highest BCUT2D eigenvalue weighted by Crippen LogP contribution is 2.26. The monoisotopic (exact) mass is 384 g/mol. The highest BCUT2D eigenvalue weighted by atomic mass is 32.1. The molecular formula is C22H28N2O2S. The first-order valence-corrected chi connectivity index (χ1v) is 10.7. The van der Waals surface area contributed by atoms with Gasteiger partial charge in [0, 0.05) is 29.6 Å². The number of aryl methyl sites for hydroxylation is 2. The number of carbonyl (C=O) groups is 2. The smallest absolute Gasteiger partial charge is 0.263 e. The number of hydrogen-bond donors (Lipinski definition) is 1. The van der Waals surface area contributed by atoms with E-state index >= 15 is 0 Å². The van der Waals surface area contributed by atoms with Crippen LogP contribution in [0.4, 0.5) is 0 Å². The zero-order valence-corrected chi connectivity index (χ0v) is 17.0. The molecule has 2 amide bonds. The van der Waals surface area contributed by atoms with Gasteiger partial charge in [-0.25, -0.2) is 0 Å². The van der Waals surface area contributed by atoms with Crippen LogP contribution in [0.3, 0.4) is 0 Å². The summed E-state index contributed by atoms with van der Waals surface area (Å²) >= 11 is 1.66. The molecule has 27 heavy (non-hydrogen) atoms. The molecular weight excluding hydrogens is 356 g/mol. The van der Waals surface area contributed by atoms with E-state index in [0.29, 0.717) is 18.7 Å². The van der Waals surface area contributed by atoms with E-state index in [0.717, 1.165) is 37.0 Å². The Balaban J connectivity index is 1.56. The summed E-state index contributed by atoms with van der Waals surface area (Å²) < 4.78 is 0. The Morgan fingerprint density at radius 2 is 1.85 bits per heavy atom. The van der Waals surface area contributed by atoms with Gasteiger partial charge in [-0.3, -0.25) is 9.59 Å². The average molecular weight is 385 g/mol. The topological polar surface area (TPSA) is 49.4 Å². The number of nitrogens with zero attached hydrogens (tertiary/aromatic N) is 1. The maximum Gasteiger partial charge on any atom is 0.263 e. The highest BCUT2D eigenvalue weighted by Gasteiger charge is 2.26. The molecule has 1 fully saturated rings. The highest BCUT2D eigenvalue weighted by molar-refractivity contribution is 7.14. The van der Waals surface area contributed by atoms with E-state index in [9.17, 15) is 9.59 Å². The second-order valence-electron chi connectivity index (χ2n) is 7.07. The van der Waals surface area contributed by atoms with Gasteiger partial charge in [-0.05, 0) is 49.4 Å². The first-order valence-electron chi connectivity index (χ1n) is 9.89. The third kappa shape index (κ3) is 4.78. The number of amides is 2. The summed E-state index contributed by atoms with van der Waals surface area (Å²) in [6.45, 7) is 5.72. The summed E-state index contributed by atoms with van der Waals surface area (Å²) in [5.74, 6) is 0.111. The Hall–Kier alpha value is -2.14. The van der Waals surface area contributed by atoms with Crippen LogP contribution in [0.5, 0.6) is 0 Å². The minimum Gasteiger partial charge on any atom is -0.349 e. The minimum atomic E-state index is -0.0320. The summed E-state index contributed by atoms with van der Waals surface area (Å²) in [7, 11) is 0. The number of hydrogen-bond acceptors (Lipinski definition) is 3. The summed E-state index contributed by atoms with van der Waals surface area (Å²) in [4.78, 5) is 29.3. The molecule has 5 heteroatoms. The predicted octanol–water partition coefficient (Wildman–Crippen LogP) is 4.30. The molecule has 0 unspecified atom stereocenters. The lowest BCUT2D eigenvalue weighted by Crippen LogP contribution is -2.46. The quantitative estimate of drug-likeness (QED) is 0.807. The standard InChI is InChI=1S/C22H28N2O2S/c1-3-8-19-16(4-2)15-20(27-19)22(26)24-13-11-18(12-14-24)23-21(25)17-9-6-5-7-10-17/h5-7,9-10,15,18H,3-4,8,11-14H2,1-2H3,(H,23,25). The molecule has 0 aliphatic carbocycles. The number of piperidine rings is 1. The molecule has 2 heterocycles. The van der Waals surface area contributed by atoms with Gasteiger partial charge in [-0.1, -0.05) is 38.5 Å². The zero-order chi connectivity index (χ0) is 19.2. The Morgan fingerprint density at radius 1 is 1.15 bits per heavy atom. The molecule has 1 aromatic heterocycles. The van der Waals surface area contributed by atoms with Gasteiger partial charge in [-0.15, -0.1) is 11.3 Å². The van der Waals surface area contributed by atoms with E-state index < -0.39 is 0 Å². The summed E-state index contributed by atoms with van der Waals surface area (Å²) in [5, 5.41) is 3.10. The van der Waals surface area contributed by atoms with Crippen LogP contribution < -0.4 is 5.32 Å². The number of benzene rings is 1. The fourth-order valence-corrected chi connectivity index (χ4v) is 4.87. The molecule has 0 spiro atoms. The van der Waals surface area contributed by atoms with Crippen LogP contribution in [0.25, 0.3) is 0 Å². The zero-order valence-electron chi connectivity index (χ0n) is 16.2. The second kappa shape index (κ2) is 9.18. The number of likely N-dealkylation sites (tertiary alicyclic amines) is 1. The largest absolute Gasteiger partial charge is 0.349 e. The van der Waals surface area contributed by atoms with E-state index in [1.165, 1.54) is 10.4 Å². The molecule has 1 aromatic carbocycles. The van der Waals surface area contributed by atoms with Crippen molar-refractivity contribution in [3.63, 3.8) is 0 Å². The lowest BCUT2D eigenvalue weighted by atomic mass is 10.0. The van der Waals surface area contributed by atoms with Crippen LogP contribution >= 0.6 is 11.3 Å². The molecule has 0 radical (unpaired) electrons. The molecule has 2 aromatic rings. The molecule has 0 atom stereocenters. The maximum atomic E-state index is 12.9. The van der Waals surface area contributed by atoms with Gasteiger partial charge in [0.25, 0.3) is 11.8 Å².